The molecular formula is C28H28Cl2N2O6. The van der Waals surface area contributed by atoms with Gasteiger partial charge >= 0.3 is 11.9 Å². The third-order valence-electron chi connectivity index (χ3n) is 7.22. The van der Waals surface area contributed by atoms with Gasteiger partial charge < -0.3 is 24.0 Å². The molecule has 2 aromatic carbocycles. The molecule has 0 bridgehead atoms. The number of carboxylic acid groups (broad SMARTS) is 1. The molecule has 38 heavy (non-hydrogen) atoms. The van der Waals surface area contributed by atoms with Crippen molar-refractivity contribution in [2.45, 2.75) is 57.1 Å². The van der Waals surface area contributed by atoms with Gasteiger partial charge in [-0.25, -0.2) is 9.59 Å². The molecule has 8 nitrogen and oxygen atoms in total. The molecule has 2 fully saturated rings. The molecule has 2 atom stereocenters. The number of ether oxygens (including phenoxy) is 2. The second kappa shape index (κ2) is 10.9. The van der Waals surface area contributed by atoms with Crippen LogP contribution in [0, 0.1) is 0 Å². The number of nitrogens with zero attached hydrogens (tertiary/aromatic N) is 2. The van der Waals surface area contributed by atoms with Crippen LogP contribution in [0.25, 0.3) is 11.3 Å². The monoisotopic (exact) mass is 558 g/mol. The van der Waals surface area contributed by atoms with Crippen molar-refractivity contribution >= 4 is 40.8 Å². The maximum absolute atomic E-state index is 13.6. The Morgan fingerprint density at radius 2 is 1.89 bits per heavy atom. The SMILES string of the molecule is CC[C@@H]1C[C@H](OC(=O)c2c(-c3c(Cl)cccc3Cl)noc2C2CC2)CCN1c1ccc(C(=O)O)cc1OC. The second-order valence-corrected chi connectivity index (χ2v) is 10.5. The molecule has 3 aromatic rings. The Balaban J connectivity index is 1.38. The van der Waals surface area contributed by atoms with Gasteiger partial charge in [-0.15, -0.1) is 0 Å². The summed E-state index contributed by atoms with van der Waals surface area (Å²) < 4.78 is 17.2. The van der Waals surface area contributed by atoms with Gasteiger partial charge in [0.2, 0.25) is 0 Å². The molecule has 2 heterocycles. The predicted molar refractivity (Wildman–Crippen MR) is 144 cm³/mol. The highest BCUT2D eigenvalue weighted by atomic mass is 35.5. The van der Waals surface area contributed by atoms with Gasteiger partial charge in [-0.1, -0.05) is 41.3 Å². The van der Waals surface area contributed by atoms with Crippen LogP contribution in [0.5, 0.6) is 5.75 Å². The molecular weight excluding hydrogens is 531 g/mol. The number of carboxylic acids is 1. The van der Waals surface area contributed by atoms with E-state index < -0.39 is 11.9 Å². The first-order valence-electron chi connectivity index (χ1n) is 12.6. The van der Waals surface area contributed by atoms with Crippen LogP contribution >= 0.6 is 23.2 Å². The van der Waals surface area contributed by atoms with Gasteiger partial charge in [-0.05, 0) is 49.6 Å². The molecule has 1 aliphatic carbocycles. The Kier molecular flexibility index (Phi) is 7.54. The minimum absolute atomic E-state index is 0.0639. The van der Waals surface area contributed by atoms with Gasteiger partial charge in [0.25, 0.3) is 0 Å². The molecule has 0 unspecified atom stereocenters. The van der Waals surface area contributed by atoms with Crippen LogP contribution < -0.4 is 9.64 Å². The van der Waals surface area contributed by atoms with E-state index in [2.05, 4.69) is 17.0 Å². The fourth-order valence-corrected chi connectivity index (χ4v) is 5.68. The minimum Gasteiger partial charge on any atom is -0.495 e. The summed E-state index contributed by atoms with van der Waals surface area (Å²) in [6, 6.07) is 10.1. The van der Waals surface area contributed by atoms with Crippen LogP contribution in [0.2, 0.25) is 10.0 Å². The highest BCUT2D eigenvalue weighted by molar-refractivity contribution is 6.39. The zero-order valence-electron chi connectivity index (χ0n) is 21.1. The maximum atomic E-state index is 13.6. The Morgan fingerprint density at radius 3 is 2.53 bits per heavy atom. The fraction of sp³-hybridized carbons (Fsp3) is 0.393. The summed E-state index contributed by atoms with van der Waals surface area (Å²) in [6.07, 6.45) is 3.54. The van der Waals surface area contributed by atoms with Crippen molar-refractivity contribution < 1.29 is 28.7 Å². The molecule has 1 aliphatic heterocycles. The summed E-state index contributed by atoms with van der Waals surface area (Å²) in [4.78, 5) is 27.2. The van der Waals surface area contributed by atoms with E-state index in [9.17, 15) is 14.7 Å². The topological polar surface area (TPSA) is 102 Å². The average molecular weight is 559 g/mol. The molecule has 5 rings (SSSR count). The van der Waals surface area contributed by atoms with Crippen molar-refractivity contribution in [2.24, 2.45) is 0 Å². The Morgan fingerprint density at radius 1 is 1.16 bits per heavy atom. The molecule has 2 aliphatic rings. The molecule has 1 saturated carbocycles. The van der Waals surface area contributed by atoms with E-state index in [1.807, 2.05) is 0 Å². The fourth-order valence-electron chi connectivity index (χ4n) is 5.10. The van der Waals surface area contributed by atoms with E-state index in [0.29, 0.717) is 57.8 Å². The lowest BCUT2D eigenvalue weighted by Gasteiger charge is -2.40. The van der Waals surface area contributed by atoms with Crippen molar-refractivity contribution in [3.63, 3.8) is 0 Å². The third kappa shape index (κ3) is 5.07. The zero-order valence-corrected chi connectivity index (χ0v) is 22.6. The van der Waals surface area contributed by atoms with Crippen molar-refractivity contribution in [1.29, 1.82) is 0 Å². The van der Waals surface area contributed by atoms with Gasteiger partial charge in [0.15, 0.2) is 5.76 Å². The van der Waals surface area contributed by atoms with Crippen LogP contribution in [0.15, 0.2) is 40.9 Å². The Hall–Kier alpha value is -3.23. The zero-order chi connectivity index (χ0) is 27.0. The number of carbonyl (C=O) groups excluding carboxylic acids is 1. The van der Waals surface area contributed by atoms with Gasteiger partial charge in [0.05, 0.1) is 28.4 Å². The molecule has 0 radical (unpaired) electrons. The number of methoxy groups -OCH3 is 1. The number of aromatic nitrogens is 1. The summed E-state index contributed by atoms with van der Waals surface area (Å²) in [5, 5.41) is 14.3. The highest BCUT2D eigenvalue weighted by Gasteiger charge is 2.39. The molecule has 10 heteroatoms. The lowest BCUT2D eigenvalue weighted by atomic mass is 9.95. The first kappa shape index (κ1) is 26.4. The number of benzene rings is 2. The van der Waals surface area contributed by atoms with E-state index in [4.69, 9.17) is 37.2 Å². The molecule has 0 spiro atoms. The Bertz CT molecular complexity index is 1350. The number of halogens is 2. The van der Waals surface area contributed by atoms with Crippen molar-refractivity contribution in [2.75, 3.05) is 18.6 Å². The molecule has 1 aromatic heterocycles. The second-order valence-electron chi connectivity index (χ2n) is 9.64. The highest BCUT2D eigenvalue weighted by Crippen LogP contribution is 2.46. The van der Waals surface area contributed by atoms with Crippen LogP contribution in [0.4, 0.5) is 5.69 Å². The van der Waals surface area contributed by atoms with Gasteiger partial charge in [-0.3, -0.25) is 0 Å². The van der Waals surface area contributed by atoms with E-state index in [-0.39, 0.29) is 23.6 Å². The third-order valence-corrected chi connectivity index (χ3v) is 7.85. The van der Waals surface area contributed by atoms with Crippen LogP contribution in [0.1, 0.15) is 71.4 Å². The largest absolute Gasteiger partial charge is 0.495 e. The lowest BCUT2D eigenvalue weighted by Crippen LogP contribution is -2.45. The summed E-state index contributed by atoms with van der Waals surface area (Å²) in [5.74, 6) is -0.348. The van der Waals surface area contributed by atoms with Crippen LogP contribution in [-0.2, 0) is 4.74 Å². The van der Waals surface area contributed by atoms with Gasteiger partial charge in [-0.2, -0.15) is 0 Å². The normalized spacial score (nSPS) is 19.3. The number of piperidine rings is 1. The number of carbonyl (C=O) groups is 2. The van der Waals surface area contributed by atoms with Gasteiger partial charge in [0.1, 0.15) is 23.1 Å². The summed E-state index contributed by atoms with van der Waals surface area (Å²) in [6.45, 7) is 2.68. The first-order valence-corrected chi connectivity index (χ1v) is 13.4. The number of rotatable bonds is 8. The maximum Gasteiger partial charge on any atom is 0.344 e. The van der Waals surface area contributed by atoms with Crippen molar-refractivity contribution in [1.82, 2.24) is 5.16 Å². The standard InChI is InChI=1S/C28H28Cl2N2O6/c1-3-17-14-18(11-12-32(17)21-10-9-16(27(33)34)13-22(21)36-2)37-28(35)24-25(31-38-26(24)15-7-8-15)23-19(29)5-4-6-20(23)30/h4-6,9-10,13,15,17-18H,3,7-8,11-12,14H2,1-2H3,(H,33,34)/t17-,18-/m1/s1. The van der Waals surface area contributed by atoms with Crippen LogP contribution in [-0.4, -0.2) is 48.0 Å². The van der Waals surface area contributed by atoms with Gasteiger partial charge in [0, 0.05) is 36.9 Å². The summed E-state index contributed by atoms with van der Waals surface area (Å²) in [7, 11) is 1.53. The number of esters is 1. The number of hydrogen-bond donors (Lipinski definition) is 1. The molecule has 0 amide bonds. The average Bonchev–Trinajstić information content (AvgIpc) is 3.66. The number of hydrogen-bond acceptors (Lipinski definition) is 7. The number of aromatic carboxylic acids is 1. The van der Waals surface area contributed by atoms with Crippen molar-refractivity contribution in [3.8, 4) is 17.0 Å². The quantitative estimate of drug-likeness (QED) is 0.300. The lowest BCUT2D eigenvalue weighted by molar-refractivity contribution is 0.0206. The van der Waals surface area contributed by atoms with Crippen LogP contribution in [0.3, 0.4) is 0 Å². The van der Waals surface area contributed by atoms with E-state index >= 15 is 0 Å². The Labute approximate surface area is 230 Å². The summed E-state index contributed by atoms with van der Waals surface area (Å²) >= 11 is 12.9. The molecule has 200 valence electrons. The minimum atomic E-state index is -1.01. The van der Waals surface area contributed by atoms with E-state index in [0.717, 1.165) is 24.9 Å². The molecule has 1 saturated heterocycles. The van der Waals surface area contributed by atoms with E-state index in [1.165, 1.54) is 13.2 Å². The first-order chi connectivity index (χ1) is 18.3. The molecule has 1 N–H and O–H groups in total. The predicted octanol–water partition coefficient (Wildman–Crippen LogP) is 6.84. The summed E-state index contributed by atoms with van der Waals surface area (Å²) in [5.41, 5.74) is 2.04. The number of anilines is 1. The smallest absolute Gasteiger partial charge is 0.344 e. The van der Waals surface area contributed by atoms with E-state index in [1.54, 1.807) is 30.3 Å². The van der Waals surface area contributed by atoms with Crippen molar-refractivity contribution in [3.05, 3.63) is 63.3 Å².